The molecule has 1 aromatic heterocycles. The van der Waals surface area contributed by atoms with Gasteiger partial charge in [-0.3, -0.25) is 9.78 Å². The highest BCUT2D eigenvalue weighted by molar-refractivity contribution is 7.91. The summed E-state index contributed by atoms with van der Waals surface area (Å²) in [6, 6.07) is 8.19. The van der Waals surface area contributed by atoms with Gasteiger partial charge in [-0.05, 0) is 12.1 Å². The van der Waals surface area contributed by atoms with Gasteiger partial charge in [0.05, 0.1) is 29.6 Å². The highest BCUT2D eigenvalue weighted by atomic mass is 32.2. The molecule has 1 unspecified atom stereocenters. The van der Waals surface area contributed by atoms with Crippen LogP contribution in [0.15, 0.2) is 47.6 Å². The minimum Gasteiger partial charge on any atom is -0.471 e. The van der Waals surface area contributed by atoms with Crippen molar-refractivity contribution in [1.29, 1.82) is 0 Å². The molecule has 8 nitrogen and oxygen atoms in total. The molecule has 2 heterocycles. The first-order valence-corrected chi connectivity index (χ1v) is 10.7. The number of likely N-dealkylation sites (tertiary alicyclic amines) is 1. The van der Waals surface area contributed by atoms with Crippen LogP contribution in [0.2, 0.25) is 0 Å². The smallest absolute Gasteiger partial charge is 0.234 e. The minimum atomic E-state index is -3.46. The number of carbonyl (C=O) groups excluding carboxylic acids is 1. The molecule has 0 spiro atoms. The number of rotatable bonds is 7. The number of aromatic nitrogens is 2. The second-order valence-corrected chi connectivity index (χ2v) is 8.97. The Kier molecular flexibility index (Phi) is 6.13. The van der Waals surface area contributed by atoms with Gasteiger partial charge in [-0.25, -0.2) is 8.42 Å². The summed E-state index contributed by atoms with van der Waals surface area (Å²) in [5.74, 6) is 0.722. The van der Waals surface area contributed by atoms with Crippen molar-refractivity contribution >= 4 is 21.6 Å². The third kappa shape index (κ3) is 4.98. The van der Waals surface area contributed by atoms with Gasteiger partial charge in [-0.2, -0.15) is 4.98 Å². The summed E-state index contributed by atoms with van der Waals surface area (Å²) in [5, 5.41) is 0. The van der Waals surface area contributed by atoms with Gasteiger partial charge in [0.15, 0.2) is 15.7 Å². The van der Waals surface area contributed by atoms with Crippen molar-refractivity contribution in [2.24, 2.45) is 0 Å². The lowest BCUT2D eigenvalue weighted by Crippen LogP contribution is -2.32. The van der Waals surface area contributed by atoms with Crippen LogP contribution in [0.3, 0.4) is 0 Å². The molecule has 28 heavy (non-hydrogen) atoms. The lowest BCUT2D eigenvalue weighted by atomic mass is 10.3. The van der Waals surface area contributed by atoms with Crippen LogP contribution in [0.25, 0.3) is 0 Å². The molecule has 2 aromatic rings. The molecule has 0 aliphatic carbocycles. The van der Waals surface area contributed by atoms with Crippen LogP contribution < -0.4 is 9.64 Å². The fraction of sp³-hybridized carbons (Fsp3) is 0.421. The molecule has 1 aromatic carbocycles. The maximum Gasteiger partial charge on any atom is 0.234 e. The molecule has 1 fully saturated rings. The topological polar surface area (TPSA) is 92.7 Å². The Bertz CT molecular complexity index is 919. The first-order valence-electron chi connectivity index (χ1n) is 9.07. The number of carbonyl (C=O) groups is 1. The van der Waals surface area contributed by atoms with Crippen LogP contribution in [0.1, 0.15) is 12.8 Å². The summed E-state index contributed by atoms with van der Waals surface area (Å²) in [6.07, 6.45) is 3.64. The fourth-order valence-electron chi connectivity index (χ4n) is 2.96. The predicted octanol–water partition coefficient (Wildman–Crippen LogP) is 1.39. The van der Waals surface area contributed by atoms with Crippen LogP contribution >= 0.6 is 0 Å². The van der Waals surface area contributed by atoms with Crippen LogP contribution in [0, 0.1) is 0 Å². The van der Waals surface area contributed by atoms with E-state index in [1.54, 1.807) is 47.6 Å². The van der Waals surface area contributed by atoms with Crippen LogP contribution in [-0.2, 0) is 14.6 Å². The second-order valence-electron chi connectivity index (χ2n) is 6.86. The van der Waals surface area contributed by atoms with Gasteiger partial charge in [0, 0.05) is 33.5 Å². The van der Waals surface area contributed by atoms with E-state index in [1.807, 2.05) is 19.0 Å². The number of hydrogen-bond acceptors (Lipinski definition) is 7. The molecule has 0 radical (unpaired) electrons. The van der Waals surface area contributed by atoms with E-state index in [9.17, 15) is 13.2 Å². The number of sulfone groups is 1. The number of ether oxygens (including phenoxy) is 1. The lowest BCUT2D eigenvalue weighted by Gasteiger charge is -2.17. The predicted molar refractivity (Wildman–Crippen MR) is 105 cm³/mol. The molecule has 1 aliphatic rings. The van der Waals surface area contributed by atoms with Crippen molar-refractivity contribution in [3.05, 3.63) is 42.7 Å². The average molecular weight is 404 g/mol. The lowest BCUT2D eigenvalue weighted by molar-refractivity contribution is -0.130. The molecule has 9 heteroatoms. The highest BCUT2D eigenvalue weighted by Crippen LogP contribution is 2.19. The van der Waals surface area contributed by atoms with Crippen molar-refractivity contribution in [3.63, 3.8) is 0 Å². The molecule has 0 N–H and O–H groups in total. The Labute approximate surface area is 165 Å². The summed E-state index contributed by atoms with van der Waals surface area (Å²) >= 11 is 0. The summed E-state index contributed by atoms with van der Waals surface area (Å²) in [6.45, 7) is 0.952. The van der Waals surface area contributed by atoms with E-state index in [2.05, 4.69) is 9.97 Å². The van der Waals surface area contributed by atoms with Gasteiger partial charge >= 0.3 is 0 Å². The van der Waals surface area contributed by atoms with Crippen molar-refractivity contribution in [1.82, 2.24) is 14.9 Å². The Balaban J connectivity index is 1.52. The second kappa shape index (κ2) is 8.55. The van der Waals surface area contributed by atoms with E-state index in [4.69, 9.17) is 4.74 Å². The van der Waals surface area contributed by atoms with Gasteiger partial charge in [0.1, 0.15) is 6.10 Å². The van der Waals surface area contributed by atoms with E-state index in [1.165, 1.54) is 0 Å². The number of hydrogen-bond donors (Lipinski definition) is 0. The number of nitrogens with zero attached hydrogens (tertiary/aromatic N) is 4. The first kappa shape index (κ1) is 20.1. The SMILES string of the molecule is CN(C)c1cncc(OC2CCN(C(=O)CCS(=O)(=O)c3ccccc3)C2)n1. The van der Waals surface area contributed by atoms with Crippen LogP contribution in [0.5, 0.6) is 5.88 Å². The molecular formula is C19H24N4O4S. The normalized spacial score (nSPS) is 16.8. The molecule has 150 valence electrons. The third-order valence-electron chi connectivity index (χ3n) is 4.53. The summed E-state index contributed by atoms with van der Waals surface area (Å²) in [7, 11) is 0.275. The standard InChI is InChI=1S/C19H24N4O4S/c1-22(2)17-12-20-13-18(21-17)27-15-8-10-23(14-15)19(24)9-11-28(25,26)16-6-4-3-5-7-16/h3-7,12-13,15H,8-11,14H2,1-2H3. The summed E-state index contributed by atoms with van der Waals surface area (Å²) in [4.78, 5) is 24.6. The van der Waals surface area contributed by atoms with Gasteiger partial charge in [-0.15, -0.1) is 0 Å². The van der Waals surface area contributed by atoms with Crippen molar-refractivity contribution in [2.45, 2.75) is 23.8 Å². The average Bonchev–Trinajstić information content (AvgIpc) is 3.15. The van der Waals surface area contributed by atoms with E-state index in [0.29, 0.717) is 31.2 Å². The maximum atomic E-state index is 12.4. The van der Waals surface area contributed by atoms with Crippen molar-refractivity contribution < 1.29 is 17.9 Å². The molecule has 1 amide bonds. The third-order valence-corrected chi connectivity index (χ3v) is 6.26. The zero-order chi connectivity index (χ0) is 20.1. The molecule has 0 bridgehead atoms. The Morgan fingerprint density at radius 1 is 1.25 bits per heavy atom. The van der Waals surface area contributed by atoms with Crippen molar-refractivity contribution in [2.75, 3.05) is 37.8 Å². The largest absolute Gasteiger partial charge is 0.471 e. The van der Waals surface area contributed by atoms with Crippen LogP contribution in [-0.4, -0.2) is 68.2 Å². The van der Waals surface area contributed by atoms with Gasteiger partial charge in [-0.1, -0.05) is 18.2 Å². The highest BCUT2D eigenvalue weighted by Gasteiger charge is 2.29. The zero-order valence-corrected chi connectivity index (χ0v) is 16.8. The number of amides is 1. The fourth-order valence-corrected chi connectivity index (χ4v) is 4.21. The molecule has 1 aliphatic heterocycles. The molecule has 3 rings (SSSR count). The van der Waals surface area contributed by atoms with Gasteiger partial charge in [0.2, 0.25) is 11.8 Å². The van der Waals surface area contributed by atoms with E-state index < -0.39 is 9.84 Å². The van der Waals surface area contributed by atoms with E-state index >= 15 is 0 Å². The Morgan fingerprint density at radius 2 is 2.00 bits per heavy atom. The molecule has 0 saturated carbocycles. The number of benzene rings is 1. The maximum absolute atomic E-state index is 12.4. The quantitative estimate of drug-likeness (QED) is 0.688. The van der Waals surface area contributed by atoms with Gasteiger partial charge in [0.25, 0.3) is 0 Å². The molecular weight excluding hydrogens is 380 g/mol. The van der Waals surface area contributed by atoms with E-state index in [0.717, 1.165) is 0 Å². The minimum absolute atomic E-state index is 0.0418. The summed E-state index contributed by atoms with van der Waals surface area (Å²) < 4.78 is 30.5. The molecule has 1 saturated heterocycles. The van der Waals surface area contributed by atoms with Crippen LogP contribution in [0.4, 0.5) is 5.82 Å². The number of anilines is 1. The van der Waals surface area contributed by atoms with Gasteiger partial charge < -0.3 is 14.5 Å². The van der Waals surface area contributed by atoms with Crippen molar-refractivity contribution in [3.8, 4) is 5.88 Å². The Hall–Kier alpha value is -2.68. The monoisotopic (exact) mass is 404 g/mol. The first-order chi connectivity index (χ1) is 13.3. The zero-order valence-electron chi connectivity index (χ0n) is 16.0. The van der Waals surface area contributed by atoms with E-state index in [-0.39, 0.29) is 29.1 Å². The summed E-state index contributed by atoms with van der Waals surface area (Å²) in [5.41, 5.74) is 0. The Morgan fingerprint density at radius 3 is 2.71 bits per heavy atom. The molecule has 1 atom stereocenters.